The number of hydrogen-bond donors (Lipinski definition) is 0. The third kappa shape index (κ3) is 5.01. The van der Waals surface area contributed by atoms with Crippen molar-refractivity contribution >= 4 is 22.8 Å². The number of carbonyl (C=O) groups excluding carboxylic acids is 1. The fraction of sp³-hybridized carbons (Fsp3) is 0.333. The number of anilines is 1. The van der Waals surface area contributed by atoms with E-state index in [1.54, 1.807) is 12.1 Å². The first kappa shape index (κ1) is 23.0. The highest BCUT2D eigenvalue weighted by atomic mass is 19.1. The van der Waals surface area contributed by atoms with Crippen LogP contribution in [0.2, 0.25) is 0 Å². The maximum absolute atomic E-state index is 13.2. The molecule has 1 fully saturated rings. The third-order valence-electron chi connectivity index (χ3n) is 6.35. The van der Waals surface area contributed by atoms with E-state index in [1.165, 1.54) is 12.1 Å². The summed E-state index contributed by atoms with van der Waals surface area (Å²) in [6.07, 6.45) is 4.71. The summed E-state index contributed by atoms with van der Waals surface area (Å²) in [4.78, 5) is 26.9. The predicted molar refractivity (Wildman–Crippen MR) is 134 cm³/mol. The van der Waals surface area contributed by atoms with Crippen molar-refractivity contribution in [3.8, 4) is 5.69 Å². The maximum atomic E-state index is 13.2. The summed E-state index contributed by atoms with van der Waals surface area (Å²) in [6, 6.07) is 16.2. The predicted octanol–water partition coefficient (Wildman–Crippen LogP) is 4.19. The summed E-state index contributed by atoms with van der Waals surface area (Å²) in [5.74, 6) is 1.46. The van der Waals surface area contributed by atoms with Crippen LogP contribution in [0.5, 0.6) is 0 Å². The molecule has 0 radical (unpaired) electrons. The minimum Gasteiger partial charge on any atom is -0.354 e. The van der Waals surface area contributed by atoms with Gasteiger partial charge in [0.05, 0.1) is 23.7 Å². The van der Waals surface area contributed by atoms with E-state index in [-0.39, 0.29) is 18.1 Å². The van der Waals surface area contributed by atoms with E-state index in [4.69, 9.17) is 9.97 Å². The van der Waals surface area contributed by atoms with Crippen LogP contribution in [-0.2, 0) is 17.6 Å². The highest BCUT2D eigenvalue weighted by Gasteiger charge is 2.23. The van der Waals surface area contributed by atoms with Gasteiger partial charge in [-0.05, 0) is 42.7 Å². The Morgan fingerprint density at radius 2 is 1.77 bits per heavy atom. The molecule has 180 valence electrons. The Bertz CT molecular complexity index is 1300. The molecule has 1 amide bonds. The molecule has 2 aromatic carbocycles. The highest BCUT2D eigenvalue weighted by molar-refractivity contribution is 5.88. The first-order valence-electron chi connectivity index (χ1n) is 12.2. The summed E-state index contributed by atoms with van der Waals surface area (Å²) in [6.45, 7) is 4.91. The second-order valence-corrected chi connectivity index (χ2v) is 8.87. The lowest BCUT2D eigenvalue weighted by atomic mass is 10.1. The van der Waals surface area contributed by atoms with Crippen LogP contribution in [0.15, 0.2) is 60.8 Å². The van der Waals surface area contributed by atoms with E-state index < -0.39 is 0 Å². The molecule has 0 N–H and O–H groups in total. The average Bonchev–Trinajstić information content (AvgIpc) is 3.14. The minimum atomic E-state index is -0.291. The number of aryl methyl sites for hydroxylation is 1. The first-order valence-corrected chi connectivity index (χ1v) is 12.2. The molecule has 1 aliphatic heterocycles. The Morgan fingerprint density at radius 1 is 0.971 bits per heavy atom. The standard InChI is InChI=1S/C27H29FN6O/c1-2-7-24-30-26(23-19-29-34(27(23)31-24)22-8-4-3-5-9-22)33-15-6-14-32(16-17-33)25(35)18-20-10-12-21(28)13-11-20/h3-5,8-13,19H,2,6-7,14-18H2,1H3. The fourth-order valence-corrected chi connectivity index (χ4v) is 4.54. The molecule has 1 aliphatic rings. The summed E-state index contributed by atoms with van der Waals surface area (Å²) < 4.78 is 15.1. The van der Waals surface area contributed by atoms with Gasteiger partial charge in [-0.15, -0.1) is 0 Å². The molecular weight excluding hydrogens is 443 g/mol. The summed E-state index contributed by atoms with van der Waals surface area (Å²) in [5, 5.41) is 5.55. The van der Waals surface area contributed by atoms with Gasteiger partial charge < -0.3 is 9.80 Å². The van der Waals surface area contributed by atoms with Crippen molar-refractivity contribution in [2.24, 2.45) is 0 Å². The maximum Gasteiger partial charge on any atom is 0.227 e. The zero-order chi connectivity index (χ0) is 24.2. The number of aromatic nitrogens is 4. The number of halogens is 1. The molecule has 5 rings (SSSR count). The largest absolute Gasteiger partial charge is 0.354 e. The molecule has 4 aromatic rings. The van der Waals surface area contributed by atoms with Gasteiger partial charge in [0.2, 0.25) is 5.91 Å². The molecule has 35 heavy (non-hydrogen) atoms. The van der Waals surface area contributed by atoms with Crippen molar-refractivity contribution in [1.82, 2.24) is 24.6 Å². The second kappa shape index (κ2) is 10.2. The van der Waals surface area contributed by atoms with Crippen LogP contribution < -0.4 is 4.90 Å². The molecule has 1 saturated heterocycles. The van der Waals surface area contributed by atoms with E-state index in [1.807, 2.05) is 46.1 Å². The summed E-state index contributed by atoms with van der Waals surface area (Å²) >= 11 is 0. The minimum absolute atomic E-state index is 0.0647. The SMILES string of the molecule is CCCc1nc(N2CCCN(C(=O)Cc3ccc(F)cc3)CC2)c2cnn(-c3ccccc3)c2n1. The first-order chi connectivity index (χ1) is 17.1. The monoisotopic (exact) mass is 472 g/mol. The Labute approximate surface area is 204 Å². The number of rotatable bonds is 6. The molecule has 0 atom stereocenters. The molecule has 3 heterocycles. The lowest BCUT2D eigenvalue weighted by Crippen LogP contribution is -2.36. The van der Waals surface area contributed by atoms with E-state index in [0.29, 0.717) is 19.6 Å². The topological polar surface area (TPSA) is 67.2 Å². The van der Waals surface area contributed by atoms with Gasteiger partial charge in [0, 0.05) is 32.6 Å². The van der Waals surface area contributed by atoms with Crippen molar-refractivity contribution in [3.05, 3.63) is 78.0 Å². The quantitative estimate of drug-likeness (QED) is 0.421. The lowest BCUT2D eigenvalue weighted by molar-refractivity contribution is -0.130. The zero-order valence-electron chi connectivity index (χ0n) is 19.9. The van der Waals surface area contributed by atoms with Crippen LogP contribution in [0.1, 0.15) is 31.2 Å². The van der Waals surface area contributed by atoms with Gasteiger partial charge in [0.15, 0.2) is 5.65 Å². The van der Waals surface area contributed by atoms with Gasteiger partial charge in [-0.2, -0.15) is 5.10 Å². The second-order valence-electron chi connectivity index (χ2n) is 8.87. The van der Waals surface area contributed by atoms with Gasteiger partial charge in [-0.1, -0.05) is 37.3 Å². The number of amides is 1. The van der Waals surface area contributed by atoms with Crippen LogP contribution in [0.4, 0.5) is 10.2 Å². The van der Waals surface area contributed by atoms with Crippen LogP contribution >= 0.6 is 0 Å². The van der Waals surface area contributed by atoms with Crippen LogP contribution in [0.3, 0.4) is 0 Å². The number of nitrogens with zero attached hydrogens (tertiary/aromatic N) is 6. The Kier molecular flexibility index (Phi) is 6.70. The fourth-order valence-electron chi connectivity index (χ4n) is 4.54. The smallest absolute Gasteiger partial charge is 0.227 e. The molecule has 0 unspecified atom stereocenters. The van der Waals surface area contributed by atoms with E-state index >= 15 is 0 Å². The highest BCUT2D eigenvalue weighted by Crippen LogP contribution is 2.27. The van der Waals surface area contributed by atoms with Crippen molar-refractivity contribution in [2.45, 2.75) is 32.6 Å². The average molecular weight is 473 g/mol. The van der Waals surface area contributed by atoms with Crippen LogP contribution in [0, 0.1) is 5.82 Å². The van der Waals surface area contributed by atoms with E-state index in [2.05, 4.69) is 16.9 Å². The van der Waals surface area contributed by atoms with E-state index in [9.17, 15) is 9.18 Å². The number of carbonyl (C=O) groups is 1. The molecule has 8 heteroatoms. The zero-order valence-corrected chi connectivity index (χ0v) is 19.9. The van der Waals surface area contributed by atoms with Gasteiger partial charge in [0.25, 0.3) is 0 Å². The Morgan fingerprint density at radius 3 is 2.54 bits per heavy atom. The number of benzene rings is 2. The van der Waals surface area contributed by atoms with Gasteiger partial charge in [-0.3, -0.25) is 4.79 Å². The third-order valence-corrected chi connectivity index (χ3v) is 6.35. The van der Waals surface area contributed by atoms with E-state index in [0.717, 1.165) is 59.7 Å². The molecule has 7 nitrogen and oxygen atoms in total. The molecule has 0 saturated carbocycles. The number of para-hydroxylation sites is 1. The van der Waals surface area contributed by atoms with Crippen LogP contribution in [-0.4, -0.2) is 56.7 Å². The number of fused-ring (bicyclic) bond motifs is 1. The summed E-state index contributed by atoms with van der Waals surface area (Å²) in [7, 11) is 0. The van der Waals surface area contributed by atoms with Gasteiger partial charge in [-0.25, -0.2) is 19.0 Å². The normalized spacial score (nSPS) is 14.3. The molecule has 0 bridgehead atoms. The number of hydrogen-bond acceptors (Lipinski definition) is 5. The summed E-state index contributed by atoms with van der Waals surface area (Å²) in [5.41, 5.74) is 2.59. The Hall–Kier alpha value is -3.81. The van der Waals surface area contributed by atoms with Gasteiger partial charge >= 0.3 is 0 Å². The lowest BCUT2D eigenvalue weighted by Gasteiger charge is -2.24. The van der Waals surface area contributed by atoms with Crippen molar-refractivity contribution in [2.75, 3.05) is 31.1 Å². The molecule has 0 aliphatic carbocycles. The van der Waals surface area contributed by atoms with Crippen molar-refractivity contribution in [3.63, 3.8) is 0 Å². The molecule has 0 spiro atoms. The van der Waals surface area contributed by atoms with Gasteiger partial charge in [0.1, 0.15) is 17.5 Å². The van der Waals surface area contributed by atoms with Crippen molar-refractivity contribution < 1.29 is 9.18 Å². The van der Waals surface area contributed by atoms with Crippen molar-refractivity contribution in [1.29, 1.82) is 0 Å². The molecule has 2 aromatic heterocycles. The molecular formula is C27H29FN6O. The Balaban J connectivity index is 1.39. The van der Waals surface area contributed by atoms with Crippen LogP contribution in [0.25, 0.3) is 16.7 Å².